The molecule has 21 nitrogen and oxygen atoms in total. The van der Waals surface area contributed by atoms with Gasteiger partial charge < -0.3 is 34.6 Å². The second-order valence-corrected chi connectivity index (χ2v) is 22.5. The maximum absolute atomic E-state index is 14.1. The van der Waals surface area contributed by atoms with E-state index < -0.39 is 62.9 Å². The van der Waals surface area contributed by atoms with E-state index in [1.165, 1.54) is 28.9 Å². The van der Waals surface area contributed by atoms with E-state index in [2.05, 4.69) is 41.4 Å². The van der Waals surface area contributed by atoms with Gasteiger partial charge in [-0.05, 0) is 124 Å². The van der Waals surface area contributed by atoms with Gasteiger partial charge in [0.05, 0.1) is 34.5 Å². The van der Waals surface area contributed by atoms with Gasteiger partial charge in [-0.2, -0.15) is 0 Å². The molecule has 4 aromatic heterocycles. The van der Waals surface area contributed by atoms with E-state index in [0.29, 0.717) is 69.5 Å². The lowest BCUT2D eigenvalue weighted by atomic mass is 9.92. The normalized spacial score (nSPS) is 21.8. The lowest BCUT2D eigenvalue weighted by molar-refractivity contribution is -0.161. The van der Waals surface area contributed by atoms with Gasteiger partial charge in [-0.25, -0.2) is 14.5 Å². The zero-order chi connectivity index (χ0) is 55.8. The molecule has 1 aromatic carbocycles. The average molecular weight is 1080 g/mol. The van der Waals surface area contributed by atoms with Crippen molar-refractivity contribution < 1.29 is 52.1 Å². The zero-order valence-electron chi connectivity index (χ0n) is 44.9. The number of nitrogens with zero attached hydrogens (tertiary/aromatic N) is 9. The first kappa shape index (κ1) is 47.8. The number of phosphoric acid groups is 1. The van der Waals surface area contributed by atoms with Crippen LogP contribution < -0.4 is 25.6 Å². The number of hydrogen-bond donors (Lipinski definition) is 4. The standard InChI is InChI=1S/C53H59N10O11PS/c1-30-27-59(33-15-19-58(20-16-33)34-8-10-39-40(25-34)50(67)63(49(39)66)43-11-13-46(65)62(52(43)69)31(2)74-75(71,72)73)22-23-60(30)35-9-12-45(55-26-35)56-42-24-32(28-57(3)51(42)68)36-14-18-54-48(41(36)29-64)61-21-17-38-37-6-4-5-7-44(37)76-47(38)53(61)70/h8-10,12,14,18,24-26,28,30-31,33,43,64H,4-7,11,13,15-17,19-23,27,29H2,1-3H3,(H,55,56)(H2,71,72,73)/t30-,31?,43?/m0/s1/i3D3. The highest BCUT2D eigenvalue weighted by atomic mass is 32.1. The number of imide groups is 2. The van der Waals surface area contributed by atoms with Crippen molar-refractivity contribution in [3.8, 4) is 11.1 Å². The van der Waals surface area contributed by atoms with Gasteiger partial charge in [0.2, 0.25) is 5.91 Å². The first-order chi connectivity index (χ1) is 37.7. The number of thiophene rings is 1. The van der Waals surface area contributed by atoms with E-state index in [9.17, 15) is 48.2 Å². The molecular formula is C53H59N10O11PS. The fourth-order valence-electron chi connectivity index (χ4n) is 12.0. The molecule has 11 rings (SSSR count). The van der Waals surface area contributed by atoms with Gasteiger partial charge in [-0.15, -0.1) is 11.3 Å². The van der Waals surface area contributed by atoms with Gasteiger partial charge in [0, 0.05) is 103 Å². The summed E-state index contributed by atoms with van der Waals surface area (Å²) in [5, 5.41) is 13.9. The number of amides is 5. The summed E-state index contributed by atoms with van der Waals surface area (Å²) in [7, 11) is -5.08. The van der Waals surface area contributed by atoms with E-state index in [-0.39, 0.29) is 53.5 Å². The van der Waals surface area contributed by atoms with Crippen LogP contribution in [0.5, 0.6) is 0 Å². The number of piperazine rings is 1. The summed E-state index contributed by atoms with van der Waals surface area (Å²) in [6.45, 7) is 3.94. The second kappa shape index (κ2) is 20.4. The van der Waals surface area contributed by atoms with Crippen LogP contribution in [-0.2, 0) is 51.5 Å². The maximum Gasteiger partial charge on any atom is 0.471 e. The number of carbonyl (C=O) groups excluding carboxylic acids is 5. The van der Waals surface area contributed by atoms with Crippen LogP contribution in [0.25, 0.3) is 11.1 Å². The fourth-order valence-corrected chi connectivity index (χ4v) is 13.9. The minimum absolute atomic E-state index is 0.0509. The summed E-state index contributed by atoms with van der Waals surface area (Å²) in [4.78, 5) is 121. The number of carbonyl (C=O) groups is 5. The highest BCUT2D eigenvalue weighted by Gasteiger charge is 2.49. The Morgan fingerprint density at radius 3 is 2.37 bits per heavy atom. The monoisotopic (exact) mass is 1080 g/mol. The number of hydrogen-bond acceptors (Lipinski definition) is 16. The van der Waals surface area contributed by atoms with Crippen LogP contribution in [0, 0.1) is 0 Å². The number of pyridine rings is 3. The second-order valence-electron chi connectivity index (χ2n) is 20.2. The van der Waals surface area contributed by atoms with Crippen LogP contribution in [0.15, 0.2) is 65.8 Å². The molecule has 0 bridgehead atoms. The van der Waals surface area contributed by atoms with Gasteiger partial charge in [0.1, 0.15) is 29.6 Å². The predicted octanol–water partition coefficient (Wildman–Crippen LogP) is 4.97. The number of nitrogens with one attached hydrogen (secondary N) is 1. The number of aryl methyl sites for hydroxylation is 2. The highest BCUT2D eigenvalue weighted by molar-refractivity contribution is 7.46. The number of likely N-dealkylation sites (tertiary alicyclic amines) is 1. The highest BCUT2D eigenvalue weighted by Crippen LogP contribution is 2.42. The largest absolute Gasteiger partial charge is 0.471 e. The van der Waals surface area contributed by atoms with Crippen molar-refractivity contribution in [2.45, 2.75) is 103 Å². The molecule has 4 N–H and O–H groups in total. The predicted molar refractivity (Wildman–Crippen MR) is 283 cm³/mol. The Balaban J connectivity index is 0.726. The summed E-state index contributed by atoms with van der Waals surface area (Å²) in [6, 6.07) is 10.8. The van der Waals surface area contributed by atoms with Crippen LogP contribution in [0.3, 0.4) is 0 Å². The quantitative estimate of drug-likeness (QED) is 0.0951. The average Bonchev–Trinajstić information content (AvgIpc) is 4.20. The zero-order valence-corrected chi connectivity index (χ0v) is 43.6. The van der Waals surface area contributed by atoms with Crippen molar-refractivity contribution in [1.29, 1.82) is 0 Å². The lowest BCUT2D eigenvalue weighted by Crippen LogP contribution is -2.58. The molecule has 9 heterocycles. The molecule has 0 spiro atoms. The van der Waals surface area contributed by atoms with Gasteiger partial charge in [0.25, 0.3) is 29.2 Å². The molecule has 76 heavy (non-hydrogen) atoms. The van der Waals surface area contributed by atoms with E-state index in [1.54, 1.807) is 52.8 Å². The topological polar surface area (TPSA) is 252 Å². The number of aliphatic hydroxyl groups excluding tert-OH is 1. The number of benzene rings is 1. The van der Waals surface area contributed by atoms with Crippen molar-refractivity contribution in [3.05, 3.63) is 109 Å². The Hall–Kier alpha value is -6.65. The molecule has 3 atom stereocenters. The van der Waals surface area contributed by atoms with Crippen LogP contribution in [0.4, 0.5) is 28.7 Å². The molecule has 0 radical (unpaired) electrons. The molecule has 0 saturated carbocycles. The van der Waals surface area contributed by atoms with Crippen LogP contribution in [0.1, 0.15) is 108 Å². The molecule has 5 aliphatic heterocycles. The van der Waals surface area contributed by atoms with E-state index in [1.807, 2.05) is 6.07 Å². The number of aliphatic hydroxyl groups is 1. The molecule has 23 heteroatoms. The smallest absolute Gasteiger partial charge is 0.392 e. The van der Waals surface area contributed by atoms with E-state index in [4.69, 9.17) is 4.11 Å². The third kappa shape index (κ3) is 9.43. The number of anilines is 5. The first-order valence-electron chi connectivity index (χ1n) is 27.1. The van der Waals surface area contributed by atoms with Crippen molar-refractivity contribution in [1.82, 2.24) is 29.2 Å². The molecule has 5 amide bonds. The summed E-state index contributed by atoms with van der Waals surface area (Å²) < 4.78 is 41.5. The summed E-state index contributed by atoms with van der Waals surface area (Å²) in [5.41, 5.74) is 4.50. The molecule has 5 aromatic rings. The minimum atomic E-state index is -5.08. The van der Waals surface area contributed by atoms with Gasteiger partial charge in [-0.1, -0.05) is 0 Å². The SMILES string of the molecule is [2H]C([2H])([2H])n1cc(-c2ccnc(N3CCc4c(sc5c4CCCC5)C3=O)c2CO)cc(Nc2ccc(N3CCN(C4CCN(c5ccc6c(c5)C(=O)N(C5CCC(=O)N(C(C)OP(=O)(O)O)C5=O)C6=O)CC4)C[C@@H]3C)cn2)c1=O. The molecule has 3 saturated heterocycles. The van der Waals surface area contributed by atoms with Gasteiger partial charge in [-0.3, -0.25) is 52.9 Å². The van der Waals surface area contributed by atoms with E-state index in [0.717, 1.165) is 80.4 Å². The van der Waals surface area contributed by atoms with Crippen LogP contribution in [-0.4, -0.2) is 137 Å². The summed E-state index contributed by atoms with van der Waals surface area (Å²) >= 11 is 1.55. The van der Waals surface area contributed by atoms with Gasteiger partial charge >= 0.3 is 7.82 Å². The molecular weight excluding hydrogens is 1020 g/mol. The molecule has 2 unspecified atom stereocenters. The fraction of sp³-hybridized carbons (Fsp3) is 0.434. The van der Waals surface area contributed by atoms with Crippen LogP contribution in [0.2, 0.25) is 0 Å². The number of rotatable bonds is 12. The van der Waals surface area contributed by atoms with E-state index >= 15 is 0 Å². The van der Waals surface area contributed by atoms with Crippen molar-refractivity contribution in [2.24, 2.45) is 6.98 Å². The Bertz CT molecular complexity index is 3420. The van der Waals surface area contributed by atoms with Crippen molar-refractivity contribution in [3.63, 3.8) is 0 Å². The number of phosphoric ester groups is 1. The molecule has 6 aliphatic rings. The molecule has 398 valence electrons. The molecule has 3 fully saturated rings. The Morgan fingerprint density at radius 1 is 0.855 bits per heavy atom. The molecule has 1 aliphatic carbocycles. The van der Waals surface area contributed by atoms with Crippen molar-refractivity contribution >= 4 is 77.4 Å². The first-order valence-corrected chi connectivity index (χ1v) is 28.0. The lowest BCUT2D eigenvalue weighted by Gasteiger charge is -2.46. The third-order valence-corrected chi connectivity index (χ3v) is 17.6. The summed E-state index contributed by atoms with van der Waals surface area (Å²) in [6.07, 6.45) is 8.94. The third-order valence-electron chi connectivity index (χ3n) is 15.7. The number of aromatic nitrogens is 3. The number of fused-ring (bicyclic) bond motifs is 4. The maximum atomic E-state index is 14.1. The van der Waals surface area contributed by atoms with Gasteiger partial charge in [0.15, 0.2) is 0 Å². The summed E-state index contributed by atoms with van der Waals surface area (Å²) in [5.74, 6) is -2.67. The Morgan fingerprint density at radius 2 is 1.63 bits per heavy atom. The van der Waals surface area contributed by atoms with Crippen molar-refractivity contribution in [2.75, 3.05) is 59.3 Å². The minimum Gasteiger partial charge on any atom is -0.392 e. The Kier molecular flexibility index (Phi) is 12.8. The Labute approximate surface area is 446 Å². The van der Waals surface area contributed by atoms with Crippen LogP contribution >= 0.6 is 19.2 Å². The number of piperidine rings is 2.